The molecular weight excluding hydrogens is 166 g/mol. The number of carbonyl (C=O) groups is 1. The van der Waals surface area contributed by atoms with Crippen molar-refractivity contribution in [1.82, 2.24) is 5.32 Å². The third kappa shape index (κ3) is 4.27. The van der Waals surface area contributed by atoms with Crippen LogP contribution in [0.3, 0.4) is 0 Å². The molecule has 0 fully saturated rings. The largest absolute Gasteiger partial charge is 0.481 e. The highest BCUT2D eigenvalue weighted by atomic mass is 16.4. The van der Waals surface area contributed by atoms with Gasteiger partial charge in [-0.2, -0.15) is 0 Å². The van der Waals surface area contributed by atoms with Gasteiger partial charge in [0.25, 0.3) is 0 Å². The van der Waals surface area contributed by atoms with Gasteiger partial charge in [-0.1, -0.05) is 27.2 Å². The number of rotatable bonds is 6. The topological polar surface area (TPSA) is 49.3 Å². The molecule has 0 aromatic carbocycles. The highest BCUT2D eigenvalue weighted by Crippen LogP contribution is 2.27. The molecule has 0 spiro atoms. The Morgan fingerprint density at radius 1 is 1.54 bits per heavy atom. The molecule has 78 valence electrons. The van der Waals surface area contributed by atoms with E-state index in [9.17, 15) is 4.79 Å². The molecule has 13 heavy (non-hydrogen) atoms. The average Bonchev–Trinajstić information content (AvgIpc) is 1.97. The average molecular weight is 187 g/mol. The van der Waals surface area contributed by atoms with Crippen LogP contribution < -0.4 is 5.32 Å². The fourth-order valence-corrected chi connectivity index (χ4v) is 1.73. The van der Waals surface area contributed by atoms with Gasteiger partial charge in [0.2, 0.25) is 0 Å². The second-order valence-corrected chi connectivity index (χ2v) is 4.19. The summed E-state index contributed by atoms with van der Waals surface area (Å²) in [5.41, 5.74) is -0.170. The van der Waals surface area contributed by atoms with Crippen LogP contribution in [0.15, 0.2) is 0 Å². The Morgan fingerprint density at radius 3 is 2.38 bits per heavy atom. The van der Waals surface area contributed by atoms with E-state index in [2.05, 4.69) is 12.2 Å². The molecule has 0 bridgehead atoms. The van der Waals surface area contributed by atoms with Crippen molar-refractivity contribution in [1.29, 1.82) is 0 Å². The zero-order valence-electron chi connectivity index (χ0n) is 9.05. The van der Waals surface area contributed by atoms with E-state index < -0.39 is 5.97 Å². The maximum absolute atomic E-state index is 10.6. The van der Waals surface area contributed by atoms with E-state index in [4.69, 9.17) is 5.11 Å². The molecule has 0 aliphatic heterocycles. The second-order valence-electron chi connectivity index (χ2n) is 4.19. The van der Waals surface area contributed by atoms with E-state index in [0.29, 0.717) is 0 Å². The van der Waals surface area contributed by atoms with Gasteiger partial charge in [0, 0.05) is 6.04 Å². The van der Waals surface area contributed by atoms with Gasteiger partial charge in [0.15, 0.2) is 0 Å². The summed E-state index contributed by atoms with van der Waals surface area (Å²) < 4.78 is 0. The third-order valence-electron chi connectivity index (χ3n) is 2.48. The maximum atomic E-state index is 10.6. The van der Waals surface area contributed by atoms with Crippen molar-refractivity contribution >= 4 is 5.97 Å². The third-order valence-corrected chi connectivity index (χ3v) is 2.48. The lowest BCUT2D eigenvalue weighted by Crippen LogP contribution is -2.41. The molecule has 3 nitrogen and oxygen atoms in total. The Morgan fingerprint density at radius 2 is 2.08 bits per heavy atom. The van der Waals surface area contributed by atoms with Crippen LogP contribution in [0.4, 0.5) is 0 Å². The molecule has 0 aliphatic carbocycles. The first kappa shape index (κ1) is 12.4. The molecule has 3 heteroatoms. The first-order valence-electron chi connectivity index (χ1n) is 4.83. The molecule has 0 rings (SSSR count). The number of carboxylic acids is 1. The summed E-state index contributed by atoms with van der Waals surface area (Å²) >= 11 is 0. The number of hydrogen-bond donors (Lipinski definition) is 2. The van der Waals surface area contributed by atoms with Crippen molar-refractivity contribution in [2.45, 2.75) is 46.1 Å². The summed E-state index contributed by atoms with van der Waals surface area (Å²) in [6, 6.07) is 0.286. The zero-order chi connectivity index (χ0) is 10.5. The Balaban J connectivity index is 4.27. The van der Waals surface area contributed by atoms with Crippen molar-refractivity contribution in [3.63, 3.8) is 0 Å². The summed E-state index contributed by atoms with van der Waals surface area (Å²) in [7, 11) is 1.89. The van der Waals surface area contributed by atoms with E-state index in [1.807, 2.05) is 20.9 Å². The number of nitrogens with one attached hydrogen (secondary N) is 1. The first-order valence-corrected chi connectivity index (χ1v) is 4.83. The van der Waals surface area contributed by atoms with E-state index in [0.717, 1.165) is 12.8 Å². The smallest absolute Gasteiger partial charge is 0.303 e. The van der Waals surface area contributed by atoms with Crippen molar-refractivity contribution in [3.05, 3.63) is 0 Å². The van der Waals surface area contributed by atoms with Crippen molar-refractivity contribution in [3.8, 4) is 0 Å². The van der Waals surface area contributed by atoms with Gasteiger partial charge < -0.3 is 10.4 Å². The lowest BCUT2D eigenvalue weighted by Gasteiger charge is -2.32. The summed E-state index contributed by atoms with van der Waals surface area (Å²) in [5.74, 6) is -0.721. The van der Waals surface area contributed by atoms with E-state index in [-0.39, 0.29) is 17.9 Å². The lowest BCUT2D eigenvalue weighted by molar-refractivity contribution is -0.139. The minimum absolute atomic E-state index is 0.170. The molecule has 2 N–H and O–H groups in total. The number of hydrogen-bond acceptors (Lipinski definition) is 2. The van der Waals surface area contributed by atoms with Crippen LogP contribution in [-0.2, 0) is 4.79 Å². The summed E-state index contributed by atoms with van der Waals surface area (Å²) in [6.45, 7) is 6.11. The van der Waals surface area contributed by atoms with Crippen LogP contribution in [0.1, 0.15) is 40.0 Å². The van der Waals surface area contributed by atoms with Gasteiger partial charge in [0.1, 0.15) is 0 Å². The van der Waals surface area contributed by atoms with Crippen LogP contribution in [0, 0.1) is 5.41 Å². The van der Waals surface area contributed by atoms with Crippen molar-refractivity contribution in [2.75, 3.05) is 7.05 Å². The Labute approximate surface area is 80.5 Å². The van der Waals surface area contributed by atoms with E-state index in [1.54, 1.807) is 0 Å². The molecule has 0 heterocycles. The fraction of sp³-hybridized carbons (Fsp3) is 0.900. The first-order chi connectivity index (χ1) is 5.94. The van der Waals surface area contributed by atoms with Gasteiger partial charge in [-0.05, 0) is 18.9 Å². The maximum Gasteiger partial charge on any atom is 0.303 e. The second kappa shape index (κ2) is 5.22. The highest BCUT2D eigenvalue weighted by Gasteiger charge is 2.29. The van der Waals surface area contributed by atoms with Gasteiger partial charge in [-0.3, -0.25) is 4.79 Å². The molecule has 0 aromatic heterocycles. The van der Waals surface area contributed by atoms with Crippen LogP contribution in [0.25, 0.3) is 0 Å². The predicted octanol–water partition coefficient (Wildman–Crippen LogP) is 1.88. The molecule has 1 unspecified atom stereocenters. The quantitative estimate of drug-likeness (QED) is 0.667. The molecule has 0 aromatic rings. The SMILES string of the molecule is CCCC(NC)C(C)(C)CC(=O)O. The summed E-state index contributed by atoms with van der Waals surface area (Å²) in [5, 5.41) is 11.9. The molecule has 0 aliphatic rings. The number of aliphatic carboxylic acids is 1. The molecule has 1 atom stereocenters. The van der Waals surface area contributed by atoms with Crippen LogP contribution in [-0.4, -0.2) is 24.2 Å². The van der Waals surface area contributed by atoms with Crippen LogP contribution in [0.5, 0.6) is 0 Å². The van der Waals surface area contributed by atoms with Gasteiger partial charge in [-0.15, -0.1) is 0 Å². The Kier molecular flexibility index (Phi) is 4.99. The standard InChI is InChI=1S/C10H21NO2/c1-5-6-8(11-4)10(2,3)7-9(12)13/h8,11H,5-7H2,1-4H3,(H,12,13). The van der Waals surface area contributed by atoms with Gasteiger partial charge in [0.05, 0.1) is 6.42 Å². The Bertz CT molecular complexity index is 166. The number of carboxylic acid groups (broad SMARTS) is 1. The monoisotopic (exact) mass is 187 g/mol. The molecule has 0 radical (unpaired) electrons. The van der Waals surface area contributed by atoms with E-state index in [1.165, 1.54) is 0 Å². The van der Waals surface area contributed by atoms with Crippen LogP contribution in [0.2, 0.25) is 0 Å². The summed E-state index contributed by atoms with van der Waals surface area (Å²) in [6.07, 6.45) is 2.32. The molecular formula is C10H21NO2. The van der Waals surface area contributed by atoms with Crippen molar-refractivity contribution < 1.29 is 9.90 Å². The minimum atomic E-state index is -0.721. The predicted molar refractivity (Wildman–Crippen MR) is 53.8 cm³/mol. The highest BCUT2D eigenvalue weighted by molar-refractivity contribution is 5.67. The van der Waals surface area contributed by atoms with Crippen LogP contribution >= 0.6 is 0 Å². The fourth-order valence-electron chi connectivity index (χ4n) is 1.73. The molecule has 0 saturated carbocycles. The van der Waals surface area contributed by atoms with E-state index >= 15 is 0 Å². The van der Waals surface area contributed by atoms with Gasteiger partial charge >= 0.3 is 5.97 Å². The minimum Gasteiger partial charge on any atom is -0.481 e. The lowest BCUT2D eigenvalue weighted by atomic mass is 9.79. The van der Waals surface area contributed by atoms with Gasteiger partial charge in [-0.25, -0.2) is 0 Å². The van der Waals surface area contributed by atoms with Crippen molar-refractivity contribution in [2.24, 2.45) is 5.41 Å². The zero-order valence-corrected chi connectivity index (χ0v) is 9.05. The molecule has 0 saturated heterocycles. The summed E-state index contributed by atoms with van der Waals surface area (Å²) in [4.78, 5) is 10.6. The molecule has 0 amide bonds. The Hall–Kier alpha value is -0.570. The normalized spacial score (nSPS) is 14.2.